The molecule has 1 aromatic heterocycles. The summed E-state index contributed by atoms with van der Waals surface area (Å²) in [5, 5.41) is 5.25. The monoisotopic (exact) mass is 682 g/mol. The first-order valence-electron chi connectivity index (χ1n) is 18.3. The van der Waals surface area contributed by atoms with Crippen LogP contribution in [0.2, 0.25) is 0 Å². The highest BCUT2D eigenvalue weighted by Gasteiger charge is 2.51. The van der Waals surface area contributed by atoms with Crippen molar-refractivity contribution in [1.82, 2.24) is 0 Å². The van der Waals surface area contributed by atoms with Gasteiger partial charge in [0.1, 0.15) is 11.5 Å². The maximum absolute atomic E-state index is 6.63. The van der Waals surface area contributed by atoms with Crippen LogP contribution in [0.25, 0.3) is 42.1 Å². The first-order chi connectivity index (χ1) is 25.8. The first kappa shape index (κ1) is 29.7. The molecule has 0 saturated carbocycles. The Bertz CT molecular complexity index is 2800. The Kier molecular flexibility index (Phi) is 6.59. The molecule has 11 rings (SSSR count). The summed E-state index contributed by atoms with van der Waals surface area (Å²) < 4.78 is 9.34. The summed E-state index contributed by atoms with van der Waals surface area (Å²) in [5.74, 6) is 2.08. The molecule has 1 unspecified atom stereocenters. The quantitative estimate of drug-likeness (QED) is 0.176. The Morgan fingerprint density at radius 3 is 1.94 bits per heavy atom. The highest BCUT2D eigenvalue weighted by atomic mass is 32.1. The normalized spacial score (nSPS) is 14.2. The van der Waals surface area contributed by atoms with Crippen molar-refractivity contribution in [1.29, 1.82) is 0 Å². The number of para-hydroxylation sites is 2. The maximum Gasteiger partial charge on any atom is 0.132 e. The first-order valence-corrected chi connectivity index (χ1v) is 19.1. The second-order valence-electron chi connectivity index (χ2n) is 14.3. The lowest BCUT2D eigenvalue weighted by Gasteiger charge is -2.39. The van der Waals surface area contributed by atoms with Gasteiger partial charge in [0.05, 0.1) is 5.41 Å². The Morgan fingerprint density at radius 2 is 1.12 bits per heavy atom. The number of benzene rings is 8. The lowest BCUT2D eigenvalue weighted by atomic mass is 9.66. The maximum atomic E-state index is 6.63. The standard InChI is InChI=1S/C50H34OS/c1-2-12-32(13-3-1)22-26-36(35-23-27-39-38-16-6-11-21-47(38)52-48(39)31-35)34-25-28-41-40(30-34)49-37-15-5-4-14-33(37)24-29-44(49)50(41)42-17-7-9-19-45(42)51-46-20-10-8-18-43(46)50/h1-21,23-25,27-31,36H,22,26H2. The molecule has 1 atom stereocenters. The molecule has 1 spiro atoms. The molecule has 9 aromatic rings. The molecule has 0 N–H and O–H groups in total. The number of aryl methyl sites for hydroxylation is 1. The van der Waals surface area contributed by atoms with Crippen LogP contribution in [0, 0.1) is 0 Å². The van der Waals surface area contributed by atoms with E-state index in [1.807, 2.05) is 11.3 Å². The zero-order chi connectivity index (χ0) is 34.2. The Hall–Kier alpha value is -5.96. The molecule has 2 heteroatoms. The molecule has 0 amide bonds. The van der Waals surface area contributed by atoms with E-state index < -0.39 is 5.41 Å². The van der Waals surface area contributed by atoms with Gasteiger partial charge in [0, 0.05) is 37.2 Å². The van der Waals surface area contributed by atoms with Gasteiger partial charge >= 0.3 is 0 Å². The molecule has 246 valence electrons. The van der Waals surface area contributed by atoms with Gasteiger partial charge in [-0.3, -0.25) is 0 Å². The van der Waals surface area contributed by atoms with Gasteiger partial charge in [0.15, 0.2) is 0 Å². The largest absolute Gasteiger partial charge is 0.457 e. The van der Waals surface area contributed by atoms with E-state index in [4.69, 9.17) is 4.74 Å². The third-order valence-electron chi connectivity index (χ3n) is 11.6. The lowest BCUT2D eigenvalue weighted by molar-refractivity contribution is 0.436. The molecule has 1 aliphatic heterocycles. The molecule has 52 heavy (non-hydrogen) atoms. The second-order valence-corrected chi connectivity index (χ2v) is 15.4. The Balaban J connectivity index is 1.16. The van der Waals surface area contributed by atoms with E-state index in [9.17, 15) is 0 Å². The highest BCUT2D eigenvalue weighted by Crippen LogP contribution is 2.63. The van der Waals surface area contributed by atoms with Gasteiger partial charge < -0.3 is 4.74 Å². The van der Waals surface area contributed by atoms with Crippen molar-refractivity contribution in [2.45, 2.75) is 24.2 Å². The summed E-state index contributed by atoms with van der Waals surface area (Å²) >= 11 is 1.90. The van der Waals surface area contributed by atoms with E-state index in [1.165, 1.54) is 81.0 Å². The third kappa shape index (κ3) is 4.28. The van der Waals surface area contributed by atoms with Crippen molar-refractivity contribution >= 4 is 42.3 Å². The van der Waals surface area contributed by atoms with E-state index in [0.29, 0.717) is 0 Å². The van der Waals surface area contributed by atoms with Crippen LogP contribution < -0.4 is 4.74 Å². The van der Waals surface area contributed by atoms with E-state index >= 15 is 0 Å². The number of thiophene rings is 1. The Labute approximate surface area is 307 Å². The molecule has 1 aliphatic carbocycles. The minimum Gasteiger partial charge on any atom is -0.457 e. The fraction of sp³-hybridized carbons (Fsp3) is 0.0800. The number of rotatable bonds is 5. The second kappa shape index (κ2) is 11.5. The van der Waals surface area contributed by atoms with Crippen molar-refractivity contribution in [3.63, 3.8) is 0 Å². The van der Waals surface area contributed by atoms with Crippen LogP contribution in [-0.4, -0.2) is 0 Å². The van der Waals surface area contributed by atoms with Crippen molar-refractivity contribution < 1.29 is 4.74 Å². The molecule has 1 nitrogen and oxygen atoms in total. The van der Waals surface area contributed by atoms with Gasteiger partial charge in [-0.2, -0.15) is 0 Å². The molecule has 0 saturated heterocycles. The van der Waals surface area contributed by atoms with Gasteiger partial charge in [-0.05, 0) is 86.8 Å². The number of ether oxygens (including phenoxy) is 1. The minimum atomic E-state index is -0.492. The van der Waals surface area contributed by atoms with E-state index in [0.717, 1.165) is 24.3 Å². The lowest BCUT2D eigenvalue weighted by Crippen LogP contribution is -2.32. The summed E-state index contributed by atoms with van der Waals surface area (Å²) in [4.78, 5) is 0. The van der Waals surface area contributed by atoms with Gasteiger partial charge in [-0.15, -0.1) is 11.3 Å². The third-order valence-corrected chi connectivity index (χ3v) is 12.8. The van der Waals surface area contributed by atoms with Crippen LogP contribution in [0.3, 0.4) is 0 Å². The number of fused-ring (bicyclic) bond motifs is 14. The summed E-state index contributed by atoms with van der Waals surface area (Å²) in [6.45, 7) is 0. The molecule has 2 heterocycles. The fourth-order valence-corrected chi connectivity index (χ4v) is 10.5. The van der Waals surface area contributed by atoms with Crippen LogP contribution >= 0.6 is 11.3 Å². The van der Waals surface area contributed by atoms with Crippen LogP contribution in [0.5, 0.6) is 11.5 Å². The summed E-state index contributed by atoms with van der Waals surface area (Å²) in [6, 6.07) is 65.3. The van der Waals surface area contributed by atoms with Crippen molar-refractivity contribution in [3.8, 4) is 22.6 Å². The van der Waals surface area contributed by atoms with E-state index in [-0.39, 0.29) is 5.92 Å². The zero-order valence-corrected chi connectivity index (χ0v) is 29.4. The van der Waals surface area contributed by atoms with Gasteiger partial charge in [-0.25, -0.2) is 0 Å². The molecular formula is C50H34OS. The van der Waals surface area contributed by atoms with Crippen molar-refractivity contribution in [2.75, 3.05) is 0 Å². The van der Waals surface area contributed by atoms with Crippen LogP contribution in [-0.2, 0) is 11.8 Å². The summed E-state index contributed by atoms with van der Waals surface area (Å²) in [7, 11) is 0. The van der Waals surface area contributed by atoms with Gasteiger partial charge in [-0.1, -0.05) is 152 Å². The SMILES string of the molecule is c1ccc(CCC(c2ccc3c(c2)-c2c(ccc4ccccc24)C32c3ccccc3Oc3ccccc32)c2ccc3c(c2)sc2ccccc23)cc1. The average Bonchev–Trinajstić information content (AvgIpc) is 3.72. The molecule has 0 radical (unpaired) electrons. The molecule has 0 bridgehead atoms. The predicted octanol–water partition coefficient (Wildman–Crippen LogP) is 13.4. The smallest absolute Gasteiger partial charge is 0.132 e. The molecular weight excluding hydrogens is 649 g/mol. The molecule has 2 aliphatic rings. The van der Waals surface area contributed by atoms with Crippen LogP contribution in [0.1, 0.15) is 51.3 Å². The van der Waals surface area contributed by atoms with E-state index in [1.54, 1.807) is 0 Å². The molecule has 0 fully saturated rings. The van der Waals surface area contributed by atoms with Gasteiger partial charge in [0.25, 0.3) is 0 Å². The summed E-state index contributed by atoms with van der Waals surface area (Å²) in [5.41, 5.74) is 11.3. The Morgan fingerprint density at radius 1 is 0.481 bits per heavy atom. The minimum absolute atomic E-state index is 0.226. The van der Waals surface area contributed by atoms with Crippen LogP contribution in [0.4, 0.5) is 0 Å². The molecule has 8 aromatic carbocycles. The topological polar surface area (TPSA) is 9.23 Å². The zero-order valence-electron chi connectivity index (χ0n) is 28.6. The highest BCUT2D eigenvalue weighted by molar-refractivity contribution is 7.25. The fourth-order valence-electron chi connectivity index (χ4n) is 9.35. The van der Waals surface area contributed by atoms with Gasteiger partial charge in [0.2, 0.25) is 0 Å². The van der Waals surface area contributed by atoms with Crippen molar-refractivity contribution in [2.24, 2.45) is 0 Å². The summed E-state index contributed by atoms with van der Waals surface area (Å²) in [6.07, 6.45) is 2.03. The predicted molar refractivity (Wildman–Crippen MR) is 217 cm³/mol. The number of hydrogen-bond donors (Lipinski definition) is 0. The van der Waals surface area contributed by atoms with Crippen molar-refractivity contribution in [3.05, 3.63) is 215 Å². The average molecular weight is 683 g/mol. The number of hydrogen-bond acceptors (Lipinski definition) is 2. The van der Waals surface area contributed by atoms with E-state index in [2.05, 4.69) is 176 Å². The van der Waals surface area contributed by atoms with Crippen LogP contribution in [0.15, 0.2) is 176 Å².